The van der Waals surface area contributed by atoms with Gasteiger partial charge >= 0.3 is 0 Å². The molecule has 1 amide bonds. The first kappa shape index (κ1) is 14.8. The number of likely N-dealkylation sites (tertiary alicyclic amines) is 1. The molecule has 1 aliphatic heterocycles. The van der Waals surface area contributed by atoms with Crippen molar-refractivity contribution in [2.45, 2.75) is 12.8 Å². The van der Waals surface area contributed by atoms with E-state index in [1.165, 1.54) is 0 Å². The van der Waals surface area contributed by atoms with E-state index in [1.807, 2.05) is 4.90 Å². The number of methoxy groups -OCH3 is 1. The maximum Gasteiger partial charge on any atom is 0.254 e. The molecule has 2 rings (SSSR count). The van der Waals surface area contributed by atoms with Crippen molar-refractivity contribution in [2.75, 3.05) is 26.8 Å². The van der Waals surface area contributed by atoms with Crippen molar-refractivity contribution in [1.29, 1.82) is 0 Å². The molecule has 0 aliphatic carbocycles. The molecule has 0 aromatic heterocycles. The Morgan fingerprint density at radius 2 is 2.16 bits per heavy atom. The molecule has 0 radical (unpaired) electrons. The number of carbonyl (C=O) groups excluding carboxylic acids is 1. The molecule has 0 spiro atoms. The maximum atomic E-state index is 12.4. The van der Waals surface area contributed by atoms with Gasteiger partial charge in [0.1, 0.15) is 0 Å². The molecular formula is C14H17BrClNO2. The largest absolute Gasteiger partial charge is 0.384 e. The number of ether oxygens (including phenoxy) is 1. The Kier molecular flexibility index (Phi) is 5.25. The first-order valence-electron chi connectivity index (χ1n) is 6.35. The molecule has 0 bridgehead atoms. The number of carbonyl (C=O) groups is 1. The molecule has 0 atom stereocenters. The third-order valence-electron chi connectivity index (χ3n) is 3.47. The Morgan fingerprint density at radius 3 is 2.74 bits per heavy atom. The summed E-state index contributed by atoms with van der Waals surface area (Å²) < 4.78 is 5.92. The van der Waals surface area contributed by atoms with E-state index in [0.717, 1.165) is 37.0 Å². The molecule has 3 nitrogen and oxygen atoms in total. The summed E-state index contributed by atoms with van der Waals surface area (Å²) in [6.07, 6.45) is 2.01. The van der Waals surface area contributed by atoms with Crippen molar-refractivity contribution in [3.63, 3.8) is 0 Å². The van der Waals surface area contributed by atoms with Gasteiger partial charge < -0.3 is 9.64 Å². The lowest BCUT2D eigenvalue weighted by Crippen LogP contribution is -2.39. The minimum Gasteiger partial charge on any atom is -0.384 e. The van der Waals surface area contributed by atoms with Crippen LogP contribution in [0.3, 0.4) is 0 Å². The van der Waals surface area contributed by atoms with Crippen molar-refractivity contribution in [1.82, 2.24) is 4.90 Å². The number of amides is 1. The summed E-state index contributed by atoms with van der Waals surface area (Å²) in [6.45, 7) is 2.37. The highest BCUT2D eigenvalue weighted by Crippen LogP contribution is 2.25. The van der Waals surface area contributed by atoms with Gasteiger partial charge in [0.15, 0.2) is 0 Å². The first-order chi connectivity index (χ1) is 9.11. The van der Waals surface area contributed by atoms with Crippen molar-refractivity contribution in [3.8, 4) is 0 Å². The lowest BCUT2D eigenvalue weighted by atomic mass is 9.97. The van der Waals surface area contributed by atoms with E-state index in [4.69, 9.17) is 16.3 Å². The molecule has 1 aromatic rings. The van der Waals surface area contributed by atoms with Crippen LogP contribution in [0, 0.1) is 5.92 Å². The summed E-state index contributed by atoms with van der Waals surface area (Å²) >= 11 is 9.29. The minimum absolute atomic E-state index is 0.0689. The van der Waals surface area contributed by atoms with Crippen LogP contribution in [0.4, 0.5) is 0 Å². The van der Waals surface area contributed by atoms with Crippen molar-refractivity contribution in [2.24, 2.45) is 5.92 Å². The summed E-state index contributed by atoms with van der Waals surface area (Å²) in [5, 5.41) is 0.627. The Balaban J connectivity index is 2.01. The number of hydrogen-bond acceptors (Lipinski definition) is 2. The Morgan fingerprint density at radius 1 is 1.47 bits per heavy atom. The lowest BCUT2D eigenvalue weighted by molar-refractivity contribution is 0.0613. The predicted molar refractivity (Wildman–Crippen MR) is 79.7 cm³/mol. The van der Waals surface area contributed by atoms with Gasteiger partial charge in [0, 0.05) is 36.3 Å². The van der Waals surface area contributed by atoms with Crippen LogP contribution >= 0.6 is 27.5 Å². The minimum atomic E-state index is 0.0689. The second kappa shape index (κ2) is 6.73. The van der Waals surface area contributed by atoms with Gasteiger partial charge in [0.2, 0.25) is 0 Å². The summed E-state index contributed by atoms with van der Waals surface area (Å²) in [4.78, 5) is 14.3. The quantitative estimate of drug-likeness (QED) is 0.837. The van der Waals surface area contributed by atoms with Gasteiger partial charge in [-0.25, -0.2) is 0 Å². The molecule has 1 heterocycles. The van der Waals surface area contributed by atoms with Crippen LogP contribution < -0.4 is 0 Å². The monoisotopic (exact) mass is 345 g/mol. The number of nitrogens with zero attached hydrogens (tertiary/aromatic N) is 1. The highest BCUT2D eigenvalue weighted by atomic mass is 79.9. The molecule has 1 fully saturated rings. The van der Waals surface area contributed by atoms with Gasteiger partial charge in [-0.1, -0.05) is 11.6 Å². The highest BCUT2D eigenvalue weighted by molar-refractivity contribution is 9.10. The number of halogens is 2. The van der Waals surface area contributed by atoms with E-state index in [9.17, 15) is 4.79 Å². The van der Waals surface area contributed by atoms with Crippen LogP contribution in [-0.2, 0) is 4.74 Å². The zero-order valence-corrected chi connectivity index (χ0v) is 13.2. The topological polar surface area (TPSA) is 29.5 Å². The third-order valence-corrected chi connectivity index (χ3v) is 4.36. The fraction of sp³-hybridized carbons (Fsp3) is 0.500. The van der Waals surface area contributed by atoms with Crippen molar-refractivity contribution < 1.29 is 9.53 Å². The van der Waals surface area contributed by atoms with Gasteiger partial charge in [-0.2, -0.15) is 0 Å². The van der Waals surface area contributed by atoms with E-state index in [2.05, 4.69) is 15.9 Å². The molecule has 104 valence electrons. The summed E-state index contributed by atoms with van der Waals surface area (Å²) in [5.74, 6) is 0.641. The average molecular weight is 347 g/mol. The predicted octanol–water partition coefficient (Wildman–Crippen LogP) is 3.60. The number of piperidine rings is 1. The molecule has 0 N–H and O–H groups in total. The van der Waals surface area contributed by atoms with Crippen LogP contribution in [-0.4, -0.2) is 37.6 Å². The molecule has 1 aromatic carbocycles. The lowest BCUT2D eigenvalue weighted by Gasteiger charge is -2.32. The molecule has 19 heavy (non-hydrogen) atoms. The van der Waals surface area contributed by atoms with Gasteiger partial charge in [-0.3, -0.25) is 4.79 Å². The fourth-order valence-corrected chi connectivity index (χ4v) is 3.22. The normalized spacial score (nSPS) is 16.7. The second-order valence-electron chi connectivity index (χ2n) is 4.82. The van der Waals surface area contributed by atoms with Gasteiger partial charge in [0.25, 0.3) is 5.91 Å². The third kappa shape index (κ3) is 3.71. The number of rotatable bonds is 3. The average Bonchev–Trinajstić information content (AvgIpc) is 2.39. The van der Waals surface area contributed by atoms with Crippen LogP contribution in [0.25, 0.3) is 0 Å². The molecule has 1 aliphatic rings. The summed E-state index contributed by atoms with van der Waals surface area (Å²) in [7, 11) is 1.72. The van der Waals surface area contributed by atoms with Crippen LogP contribution in [0.1, 0.15) is 23.2 Å². The Labute approximate surface area is 127 Å². The van der Waals surface area contributed by atoms with E-state index < -0.39 is 0 Å². The molecule has 5 heteroatoms. The molecule has 0 unspecified atom stereocenters. The maximum absolute atomic E-state index is 12.4. The van der Waals surface area contributed by atoms with Crippen LogP contribution in [0.5, 0.6) is 0 Å². The molecule has 0 saturated carbocycles. The van der Waals surface area contributed by atoms with Crippen LogP contribution in [0.2, 0.25) is 5.02 Å². The van der Waals surface area contributed by atoms with Gasteiger partial charge in [-0.05, 0) is 52.9 Å². The van der Waals surface area contributed by atoms with E-state index in [1.54, 1.807) is 25.3 Å². The van der Waals surface area contributed by atoms with Gasteiger partial charge in [0.05, 0.1) is 5.56 Å². The fourth-order valence-electron chi connectivity index (χ4n) is 2.37. The van der Waals surface area contributed by atoms with Crippen molar-refractivity contribution in [3.05, 3.63) is 33.3 Å². The van der Waals surface area contributed by atoms with E-state index >= 15 is 0 Å². The SMILES string of the molecule is COCC1CCN(C(=O)c2ccc(Cl)cc2Br)CC1. The van der Waals surface area contributed by atoms with Crippen LogP contribution in [0.15, 0.2) is 22.7 Å². The van der Waals surface area contributed by atoms with Crippen molar-refractivity contribution >= 4 is 33.4 Å². The zero-order chi connectivity index (χ0) is 13.8. The van der Waals surface area contributed by atoms with Gasteiger partial charge in [-0.15, -0.1) is 0 Å². The Hall–Kier alpha value is -0.580. The van der Waals surface area contributed by atoms with E-state index in [0.29, 0.717) is 16.5 Å². The standard InChI is InChI=1S/C14H17BrClNO2/c1-19-9-10-4-6-17(7-5-10)14(18)12-3-2-11(16)8-13(12)15/h2-3,8,10H,4-7,9H2,1H3. The summed E-state index contributed by atoms with van der Waals surface area (Å²) in [6, 6.07) is 5.28. The first-order valence-corrected chi connectivity index (χ1v) is 7.52. The number of benzene rings is 1. The Bertz CT molecular complexity index is 459. The smallest absolute Gasteiger partial charge is 0.254 e. The molecule has 1 saturated heterocycles. The zero-order valence-electron chi connectivity index (χ0n) is 10.9. The van der Waals surface area contributed by atoms with E-state index in [-0.39, 0.29) is 5.91 Å². The molecular weight excluding hydrogens is 330 g/mol. The summed E-state index contributed by atoms with van der Waals surface area (Å²) in [5.41, 5.74) is 0.676. The number of hydrogen-bond donors (Lipinski definition) is 0. The second-order valence-corrected chi connectivity index (χ2v) is 6.11. The highest BCUT2D eigenvalue weighted by Gasteiger charge is 2.24.